The Hall–Kier alpha value is -3.92. The van der Waals surface area contributed by atoms with Crippen LogP contribution in [0, 0.1) is 5.82 Å². The first kappa shape index (κ1) is 28.6. The van der Waals surface area contributed by atoms with E-state index in [0.717, 1.165) is 5.56 Å². The largest absolute Gasteiger partial charge is 0.444 e. The molecule has 0 spiro atoms. The van der Waals surface area contributed by atoms with Crippen LogP contribution in [-0.2, 0) is 9.53 Å². The second kappa shape index (κ2) is 12.1. The quantitative estimate of drug-likeness (QED) is 0.255. The van der Waals surface area contributed by atoms with E-state index in [-0.39, 0.29) is 11.7 Å². The number of ether oxygens (including phenoxy) is 1. The highest BCUT2D eigenvalue weighted by Crippen LogP contribution is 2.37. The van der Waals surface area contributed by atoms with E-state index in [0.29, 0.717) is 53.8 Å². The third kappa shape index (κ3) is 6.89. The van der Waals surface area contributed by atoms with E-state index in [9.17, 15) is 19.2 Å². The van der Waals surface area contributed by atoms with Crippen molar-refractivity contribution in [3.05, 3.63) is 77.1 Å². The van der Waals surface area contributed by atoms with Gasteiger partial charge in [0, 0.05) is 69.4 Å². The summed E-state index contributed by atoms with van der Waals surface area (Å²) in [6.45, 7) is 9.03. The van der Waals surface area contributed by atoms with Crippen molar-refractivity contribution in [1.82, 2.24) is 25.2 Å². The number of nitrogens with zero attached hydrogens (tertiary/aromatic N) is 4. The minimum Gasteiger partial charge on any atom is -0.444 e. The van der Waals surface area contributed by atoms with Crippen molar-refractivity contribution in [3.63, 3.8) is 0 Å². The third-order valence-electron chi connectivity index (χ3n) is 6.06. The first-order valence-electron chi connectivity index (χ1n) is 12.4. The molecule has 204 valence electrons. The fourth-order valence-electron chi connectivity index (χ4n) is 4.31. The molecule has 0 radical (unpaired) electrons. The number of nitrogens with one attached hydrogen (secondary N) is 1. The van der Waals surface area contributed by atoms with Crippen LogP contribution in [-0.4, -0.2) is 82.9 Å². The summed E-state index contributed by atoms with van der Waals surface area (Å²) in [5.74, 6) is -0.286. The van der Waals surface area contributed by atoms with Crippen LogP contribution in [0.1, 0.15) is 38.8 Å². The lowest BCUT2D eigenvalue weighted by molar-refractivity contribution is -0.154. The van der Waals surface area contributed by atoms with Gasteiger partial charge in [0.2, 0.25) is 0 Å². The summed E-state index contributed by atoms with van der Waals surface area (Å²) in [6, 6.07) is 9.53. The Labute approximate surface area is 223 Å². The van der Waals surface area contributed by atoms with Gasteiger partial charge in [-0.05, 0) is 63.1 Å². The second-order valence-corrected chi connectivity index (χ2v) is 10.00. The van der Waals surface area contributed by atoms with Crippen LogP contribution in [0.4, 0.5) is 9.18 Å². The first-order valence-corrected chi connectivity index (χ1v) is 12.4. The van der Waals surface area contributed by atoms with E-state index in [1.807, 2.05) is 32.9 Å². The van der Waals surface area contributed by atoms with Gasteiger partial charge in [-0.2, -0.15) is 0 Å². The molecule has 0 unspecified atom stereocenters. The maximum Gasteiger partial charge on any atom is 0.410 e. The van der Waals surface area contributed by atoms with Crippen molar-refractivity contribution in [2.24, 2.45) is 0 Å². The Bertz CT molecular complexity index is 1200. The number of halogens is 1. The third-order valence-corrected chi connectivity index (χ3v) is 6.06. The van der Waals surface area contributed by atoms with Gasteiger partial charge in [0.25, 0.3) is 5.91 Å². The zero-order valence-electron chi connectivity index (χ0n) is 22.8. The van der Waals surface area contributed by atoms with Gasteiger partial charge < -0.3 is 19.9 Å². The Balaban J connectivity index is 2.15. The molecule has 0 saturated carbocycles. The van der Waals surface area contributed by atoms with E-state index in [4.69, 9.17) is 4.74 Å². The lowest BCUT2D eigenvalue weighted by atomic mass is 9.88. The number of hydroxylamine groups is 2. The van der Waals surface area contributed by atoms with Crippen molar-refractivity contribution in [1.29, 1.82) is 0 Å². The number of benzene rings is 1. The first-order chi connectivity index (χ1) is 17.9. The number of amides is 2. The minimum atomic E-state index is -0.596. The summed E-state index contributed by atoms with van der Waals surface area (Å²) in [7, 11) is 3.05. The number of pyridine rings is 1. The number of carbonyl (C=O) groups is 2. The summed E-state index contributed by atoms with van der Waals surface area (Å²) < 4.78 is 19.4. The van der Waals surface area contributed by atoms with Gasteiger partial charge in [0.05, 0.1) is 0 Å². The van der Waals surface area contributed by atoms with E-state index in [1.165, 1.54) is 19.2 Å². The molecule has 1 aliphatic heterocycles. The smallest absolute Gasteiger partial charge is 0.410 e. The molecule has 0 atom stereocenters. The minimum absolute atomic E-state index is 0.272. The molecule has 38 heavy (non-hydrogen) atoms. The zero-order valence-corrected chi connectivity index (χ0v) is 22.8. The summed E-state index contributed by atoms with van der Waals surface area (Å²) in [4.78, 5) is 33.5. The molecule has 2 amide bonds. The lowest BCUT2D eigenvalue weighted by Gasteiger charge is -2.39. The molecule has 0 bridgehead atoms. The average Bonchev–Trinajstić information content (AvgIpc) is 2.88. The highest BCUT2D eigenvalue weighted by atomic mass is 19.1. The van der Waals surface area contributed by atoms with Crippen LogP contribution in [0.2, 0.25) is 0 Å². The predicted octanol–water partition coefficient (Wildman–Crippen LogP) is 3.98. The molecular weight excluding hydrogens is 489 g/mol. The van der Waals surface area contributed by atoms with Crippen molar-refractivity contribution in [2.75, 3.05) is 40.3 Å². The molecule has 2 N–H and O–H groups in total. The molecule has 1 saturated heterocycles. The summed E-state index contributed by atoms with van der Waals surface area (Å²) in [5, 5.41) is 13.8. The number of aromatic nitrogens is 1. The number of hydrogen-bond acceptors (Lipinski definition) is 7. The lowest BCUT2D eigenvalue weighted by Crippen LogP contribution is -2.51. The molecule has 2 heterocycles. The molecule has 1 aromatic heterocycles. The topological polar surface area (TPSA) is 98.2 Å². The molecule has 1 aromatic carbocycles. The maximum atomic E-state index is 13.9. The monoisotopic (exact) mass is 525 g/mol. The van der Waals surface area contributed by atoms with Gasteiger partial charge in [-0.3, -0.25) is 15.0 Å². The highest BCUT2D eigenvalue weighted by molar-refractivity contribution is 6.15. The zero-order chi connectivity index (χ0) is 28.0. The number of hydrogen-bond donors (Lipinski definition) is 2. The number of allylic oxidation sites excluding steroid dienone is 2. The van der Waals surface area contributed by atoms with E-state index < -0.39 is 17.3 Å². The van der Waals surface area contributed by atoms with Crippen LogP contribution in [0.15, 0.2) is 60.2 Å². The number of carbonyl (C=O) groups excluding carboxylic acids is 2. The molecule has 3 rings (SSSR count). The van der Waals surface area contributed by atoms with E-state index in [2.05, 4.69) is 15.2 Å². The van der Waals surface area contributed by atoms with Crippen molar-refractivity contribution < 1.29 is 23.9 Å². The fraction of sp³-hybridized carbons (Fsp3) is 0.393. The standard InChI is InChI=1S/C28H36FN5O4/c1-19(26(35)32(6)37)23(20-7-9-22(29)10-8-20)24(21-11-13-31-14-12-21)25(30-5)33-15-17-34(18-16-33)27(36)38-28(2,3)4/h7-14,30,37H,15-18H2,1-6H3/b23-19+,25-24+. The molecule has 9 nitrogen and oxygen atoms in total. The Morgan fingerprint density at radius 1 is 0.974 bits per heavy atom. The van der Waals surface area contributed by atoms with Crippen LogP contribution < -0.4 is 5.32 Å². The fourth-order valence-corrected chi connectivity index (χ4v) is 4.31. The van der Waals surface area contributed by atoms with Gasteiger partial charge >= 0.3 is 6.09 Å². The van der Waals surface area contributed by atoms with Crippen molar-refractivity contribution in [3.8, 4) is 0 Å². The SMILES string of the molecule is CN/C(=C(\C(=C(/C)C(=O)N(C)O)c1ccc(F)cc1)c1ccncc1)N1CCN(C(=O)OC(C)(C)C)CC1. The molecule has 10 heteroatoms. The molecule has 1 fully saturated rings. The Morgan fingerprint density at radius 2 is 1.50 bits per heavy atom. The second-order valence-electron chi connectivity index (χ2n) is 10.00. The van der Waals surface area contributed by atoms with Gasteiger partial charge in [-0.15, -0.1) is 0 Å². The van der Waals surface area contributed by atoms with Crippen molar-refractivity contribution >= 4 is 23.1 Å². The Morgan fingerprint density at radius 3 is 2.00 bits per heavy atom. The van der Waals surface area contributed by atoms with Gasteiger partial charge in [0.1, 0.15) is 17.2 Å². The number of piperazine rings is 1. The highest BCUT2D eigenvalue weighted by Gasteiger charge is 2.30. The van der Waals surface area contributed by atoms with Crippen LogP contribution >= 0.6 is 0 Å². The maximum absolute atomic E-state index is 13.9. The molecule has 2 aromatic rings. The molecular formula is C28H36FN5O4. The summed E-state index contributed by atoms with van der Waals surface area (Å²) in [5.41, 5.74) is 2.27. The Kier molecular flexibility index (Phi) is 9.11. The van der Waals surface area contributed by atoms with E-state index >= 15 is 0 Å². The van der Waals surface area contributed by atoms with Gasteiger partial charge in [-0.25, -0.2) is 14.2 Å². The van der Waals surface area contributed by atoms with Crippen molar-refractivity contribution in [2.45, 2.75) is 33.3 Å². The molecule has 0 aliphatic carbocycles. The van der Waals surface area contributed by atoms with Crippen LogP contribution in [0.5, 0.6) is 0 Å². The van der Waals surface area contributed by atoms with Crippen LogP contribution in [0.25, 0.3) is 11.1 Å². The average molecular weight is 526 g/mol. The van der Waals surface area contributed by atoms with Gasteiger partial charge in [0.15, 0.2) is 0 Å². The predicted molar refractivity (Wildman–Crippen MR) is 143 cm³/mol. The van der Waals surface area contributed by atoms with Crippen LogP contribution in [0.3, 0.4) is 0 Å². The number of likely N-dealkylation sites (N-methyl/N-ethyl adjacent to an activating group) is 1. The summed E-state index contributed by atoms with van der Waals surface area (Å²) >= 11 is 0. The normalized spacial score (nSPS) is 15.4. The van der Waals surface area contributed by atoms with E-state index in [1.54, 1.807) is 43.4 Å². The number of rotatable bonds is 6. The van der Waals surface area contributed by atoms with Gasteiger partial charge in [-0.1, -0.05) is 12.1 Å². The molecule has 1 aliphatic rings. The summed E-state index contributed by atoms with van der Waals surface area (Å²) in [6.07, 6.45) is 2.95.